The molecule has 2 rings (SSSR count). The zero-order valence-corrected chi connectivity index (χ0v) is 10.1. The Kier molecular flexibility index (Phi) is 3.25. The molecule has 94 valence electrons. The second kappa shape index (κ2) is 4.70. The molecule has 1 heterocycles. The summed E-state index contributed by atoms with van der Waals surface area (Å²) in [7, 11) is 0. The highest BCUT2D eigenvalue weighted by Gasteiger charge is 2.09. The first-order chi connectivity index (χ1) is 8.49. The first kappa shape index (κ1) is 12.4. The lowest BCUT2D eigenvalue weighted by atomic mass is 10.2. The van der Waals surface area contributed by atoms with Crippen LogP contribution < -0.4 is 15.3 Å². The van der Waals surface area contributed by atoms with Crippen LogP contribution in [0.15, 0.2) is 33.7 Å². The van der Waals surface area contributed by atoms with Crippen molar-refractivity contribution in [3.8, 4) is 5.75 Å². The van der Waals surface area contributed by atoms with Crippen molar-refractivity contribution in [1.82, 2.24) is 0 Å². The third kappa shape index (κ3) is 2.31. The molecule has 1 atom stereocenters. The van der Waals surface area contributed by atoms with Gasteiger partial charge in [0.05, 0.1) is 11.4 Å². The van der Waals surface area contributed by atoms with Crippen LogP contribution in [0.2, 0.25) is 5.02 Å². The standard InChI is InChI=1S/C12H9ClO5/c1-6(12(15)16)18-7-2-3-8-10(4-7)17-5-9(13)11(8)14/h2-6H,1H3,(H,15,16)/p-1/t6-/m1/s1. The maximum Gasteiger partial charge on any atom is 0.211 e. The summed E-state index contributed by atoms with van der Waals surface area (Å²) in [6.45, 7) is 1.34. The molecule has 1 aromatic carbocycles. The SMILES string of the molecule is C[C@@H](Oc1ccc2c(=O)c(Cl)coc2c1)C(=O)[O-]. The van der Waals surface area contributed by atoms with E-state index in [-0.39, 0.29) is 21.8 Å². The van der Waals surface area contributed by atoms with Crippen LogP contribution in [0.25, 0.3) is 11.0 Å². The number of carbonyl (C=O) groups is 1. The minimum atomic E-state index is -1.33. The zero-order valence-electron chi connectivity index (χ0n) is 9.31. The predicted molar refractivity (Wildman–Crippen MR) is 62.6 cm³/mol. The molecular weight excluding hydrogens is 260 g/mol. The van der Waals surface area contributed by atoms with Gasteiger partial charge in [-0.25, -0.2) is 0 Å². The molecule has 18 heavy (non-hydrogen) atoms. The van der Waals surface area contributed by atoms with Crippen molar-refractivity contribution in [3.05, 3.63) is 39.7 Å². The topological polar surface area (TPSA) is 79.6 Å². The maximum atomic E-state index is 11.6. The number of carboxylic acids is 1. The molecule has 0 bridgehead atoms. The van der Waals surface area contributed by atoms with Crippen molar-refractivity contribution in [2.75, 3.05) is 0 Å². The van der Waals surface area contributed by atoms with Gasteiger partial charge in [-0.1, -0.05) is 11.6 Å². The number of halogens is 1. The minimum absolute atomic E-state index is 0.0146. The Balaban J connectivity index is 2.43. The third-order valence-electron chi connectivity index (χ3n) is 2.35. The average molecular weight is 268 g/mol. The predicted octanol–water partition coefficient (Wildman–Crippen LogP) is 0.964. The Morgan fingerprint density at radius 2 is 2.22 bits per heavy atom. The summed E-state index contributed by atoms with van der Waals surface area (Å²) in [6, 6.07) is 4.35. The van der Waals surface area contributed by atoms with Crippen molar-refractivity contribution in [1.29, 1.82) is 0 Å². The highest BCUT2D eigenvalue weighted by molar-refractivity contribution is 6.30. The molecule has 0 unspecified atom stereocenters. The van der Waals surface area contributed by atoms with Gasteiger partial charge < -0.3 is 19.1 Å². The summed E-state index contributed by atoms with van der Waals surface area (Å²) in [6.07, 6.45) is 0.0273. The Hall–Kier alpha value is -2.01. The van der Waals surface area contributed by atoms with E-state index in [1.54, 1.807) is 0 Å². The zero-order chi connectivity index (χ0) is 13.3. The molecular formula is C12H8ClO5-. The van der Waals surface area contributed by atoms with Crippen LogP contribution in [0.1, 0.15) is 6.92 Å². The summed E-state index contributed by atoms with van der Waals surface area (Å²) >= 11 is 5.63. The monoisotopic (exact) mass is 267 g/mol. The van der Waals surface area contributed by atoms with E-state index in [2.05, 4.69) is 0 Å². The van der Waals surface area contributed by atoms with Gasteiger partial charge in [0, 0.05) is 6.07 Å². The summed E-state index contributed by atoms with van der Waals surface area (Å²) < 4.78 is 10.2. The van der Waals surface area contributed by atoms with Gasteiger partial charge in [-0.2, -0.15) is 0 Å². The van der Waals surface area contributed by atoms with Crippen LogP contribution in [0.4, 0.5) is 0 Å². The van der Waals surface area contributed by atoms with E-state index < -0.39 is 12.1 Å². The fraction of sp³-hybridized carbons (Fsp3) is 0.167. The van der Waals surface area contributed by atoms with Crippen LogP contribution in [0.5, 0.6) is 5.75 Å². The number of ether oxygens (including phenoxy) is 1. The quantitative estimate of drug-likeness (QED) is 0.828. The molecule has 0 spiro atoms. The van der Waals surface area contributed by atoms with E-state index in [1.807, 2.05) is 0 Å². The van der Waals surface area contributed by atoms with E-state index in [4.69, 9.17) is 20.8 Å². The average Bonchev–Trinajstić information content (AvgIpc) is 2.34. The fourth-order valence-corrected chi connectivity index (χ4v) is 1.56. The fourth-order valence-electron chi connectivity index (χ4n) is 1.41. The molecule has 6 heteroatoms. The smallest absolute Gasteiger partial charge is 0.211 e. The molecule has 0 radical (unpaired) electrons. The van der Waals surface area contributed by atoms with Crippen LogP contribution >= 0.6 is 11.6 Å². The van der Waals surface area contributed by atoms with E-state index in [0.717, 1.165) is 6.26 Å². The van der Waals surface area contributed by atoms with Gasteiger partial charge >= 0.3 is 0 Å². The first-order valence-electron chi connectivity index (χ1n) is 5.07. The van der Waals surface area contributed by atoms with Gasteiger partial charge in [0.25, 0.3) is 0 Å². The van der Waals surface area contributed by atoms with Crippen molar-refractivity contribution in [2.24, 2.45) is 0 Å². The minimum Gasteiger partial charge on any atom is -0.546 e. The molecule has 2 aromatic rings. The van der Waals surface area contributed by atoms with Gasteiger partial charge in [0.15, 0.2) is 0 Å². The van der Waals surface area contributed by atoms with E-state index >= 15 is 0 Å². The Bertz CT molecular complexity index is 661. The van der Waals surface area contributed by atoms with Crippen LogP contribution in [-0.4, -0.2) is 12.1 Å². The molecule has 5 nitrogen and oxygen atoms in total. The van der Waals surface area contributed by atoms with Crippen LogP contribution in [0, 0.1) is 0 Å². The molecule has 0 amide bonds. The van der Waals surface area contributed by atoms with Crippen molar-refractivity contribution < 1.29 is 19.1 Å². The molecule has 0 saturated heterocycles. The number of hydrogen-bond acceptors (Lipinski definition) is 5. The van der Waals surface area contributed by atoms with Gasteiger partial charge in [-0.05, 0) is 19.1 Å². The summed E-state index contributed by atoms with van der Waals surface area (Å²) in [5.74, 6) is -1.06. The second-order valence-corrected chi connectivity index (χ2v) is 4.06. The van der Waals surface area contributed by atoms with Crippen LogP contribution in [0.3, 0.4) is 0 Å². The summed E-state index contributed by atoms with van der Waals surface area (Å²) in [4.78, 5) is 22.2. The van der Waals surface area contributed by atoms with E-state index in [0.29, 0.717) is 5.39 Å². The molecule has 0 aliphatic heterocycles. The number of fused-ring (bicyclic) bond motifs is 1. The number of aliphatic carboxylic acids is 1. The third-order valence-corrected chi connectivity index (χ3v) is 2.61. The Labute approximate surface area is 107 Å². The van der Waals surface area contributed by atoms with Gasteiger partial charge in [-0.3, -0.25) is 4.79 Å². The lowest BCUT2D eigenvalue weighted by Gasteiger charge is -2.15. The molecule has 0 aliphatic carbocycles. The normalized spacial score (nSPS) is 12.3. The van der Waals surface area contributed by atoms with Crippen LogP contribution in [-0.2, 0) is 4.79 Å². The van der Waals surface area contributed by atoms with E-state index in [9.17, 15) is 14.7 Å². The summed E-state index contributed by atoms with van der Waals surface area (Å²) in [5, 5.41) is 10.8. The lowest BCUT2D eigenvalue weighted by Crippen LogP contribution is -2.37. The molecule has 0 aliphatic rings. The van der Waals surface area contributed by atoms with E-state index in [1.165, 1.54) is 25.1 Å². The highest BCUT2D eigenvalue weighted by atomic mass is 35.5. The molecule has 0 fully saturated rings. The molecule has 1 aromatic heterocycles. The largest absolute Gasteiger partial charge is 0.546 e. The van der Waals surface area contributed by atoms with Crippen molar-refractivity contribution in [3.63, 3.8) is 0 Å². The second-order valence-electron chi connectivity index (χ2n) is 3.65. The number of rotatable bonds is 3. The van der Waals surface area contributed by atoms with Gasteiger partial charge in [-0.15, -0.1) is 0 Å². The highest BCUT2D eigenvalue weighted by Crippen LogP contribution is 2.21. The Morgan fingerprint density at radius 1 is 1.50 bits per heavy atom. The number of carbonyl (C=O) groups excluding carboxylic acids is 1. The van der Waals surface area contributed by atoms with Gasteiger partial charge in [0.2, 0.25) is 5.43 Å². The molecule has 0 N–H and O–H groups in total. The van der Waals surface area contributed by atoms with Gasteiger partial charge in [0.1, 0.15) is 28.7 Å². The number of carboxylic acid groups (broad SMARTS) is 1. The molecule has 0 saturated carbocycles. The Morgan fingerprint density at radius 3 is 2.89 bits per heavy atom. The number of benzene rings is 1. The maximum absolute atomic E-state index is 11.6. The summed E-state index contributed by atoms with van der Waals surface area (Å²) in [5.41, 5.74) is -0.0788. The number of hydrogen-bond donors (Lipinski definition) is 0. The van der Waals surface area contributed by atoms with Crippen molar-refractivity contribution in [2.45, 2.75) is 13.0 Å². The van der Waals surface area contributed by atoms with Crippen molar-refractivity contribution >= 4 is 28.5 Å². The first-order valence-corrected chi connectivity index (χ1v) is 5.45. The lowest BCUT2D eigenvalue weighted by molar-refractivity contribution is -0.312.